The number of amides is 2. The number of rotatable bonds is 5. The quantitative estimate of drug-likeness (QED) is 0.818. The number of aryl methyl sites for hydroxylation is 1. The molecule has 23 heavy (non-hydrogen) atoms. The number of urea groups is 1. The van der Waals surface area contributed by atoms with Crippen molar-refractivity contribution >= 4 is 17.7 Å². The molecule has 0 unspecified atom stereocenters. The van der Waals surface area contributed by atoms with Crippen molar-refractivity contribution in [1.82, 2.24) is 10.2 Å². The average molecular weight is 319 g/mol. The van der Waals surface area contributed by atoms with Crippen LogP contribution in [0.15, 0.2) is 18.2 Å². The van der Waals surface area contributed by atoms with E-state index in [0.29, 0.717) is 23.8 Å². The van der Waals surface area contributed by atoms with Gasteiger partial charge in [-0.1, -0.05) is 6.92 Å². The van der Waals surface area contributed by atoms with E-state index in [4.69, 9.17) is 0 Å². The van der Waals surface area contributed by atoms with E-state index in [9.17, 15) is 9.59 Å². The van der Waals surface area contributed by atoms with Crippen LogP contribution in [0.1, 0.15) is 35.7 Å². The van der Waals surface area contributed by atoms with Gasteiger partial charge in [0.1, 0.15) is 0 Å². The number of nitrogens with zero attached hydrogens (tertiary/aromatic N) is 1. The summed E-state index contributed by atoms with van der Waals surface area (Å²) in [7, 11) is 1.35. The van der Waals surface area contributed by atoms with Crippen LogP contribution in [0, 0.1) is 6.92 Å². The van der Waals surface area contributed by atoms with Gasteiger partial charge in [-0.2, -0.15) is 0 Å². The minimum atomic E-state index is -0.384. The van der Waals surface area contributed by atoms with Gasteiger partial charge in [-0.05, 0) is 56.6 Å². The van der Waals surface area contributed by atoms with Crippen LogP contribution in [0.4, 0.5) is 10.5 Å². The zero-order chi connectivity index (χ0) is 16.8. The number of hydrogen-bond acceptors (Lipinski definition) is 4. The lowest BCUT2D eigenvalue weighted by Crippen LogP contribution is -2.41. The normalized spacial score (nSPS) is 17.8. The summed E-state index contributed by atoms with van der Waals surface area (Å²) in [6.07, 6.45) is 2.32. The van der Waals surface area contributed by atoms with Crippen molar-refractivity contribution in [2.45, 2.75) is 32.7 Å². The molecule has 0 aliphatic carbocycles. The summed E-state index contributed by atoms with van der Waals surface area (Å²) in [5.41, 5.74) is 1.98. The van der Waals surface area contributed by atoms with Gasteiger partial charge in [0.15, 0.2) is 0 Å². The Kier molecular flexibility index (Phi) is 5.98. The van der Waals surface area contributed by atoms with Crippen LogP contribution in [0.5, 0.6) is 0 Å². The molecule has 1 aromatic rings. The van der Waals surface area contributed by atoms with Crippen LogP contribution < -0.4 is 10.6 Å². The number of carbonyl (C=O) groups is 2. The van der Waals surface area contributed by atoms with E-state index in [1.807, 2.05) is 6.92 Å². The van der Waals surface area contributed by atoms with Gasteiger partial charge in [0, 0.05) is 18.3 Å². The van der Waals surface area contributed by atoms with Crippen molar-refractivity contribution in [3.05, 3.63) is 29.3 Å². The first kappa shape index (κ1) is 17.3. The Morgan fingerprint density at radius 1 is 1.39 bits per heavy atom. The van der Waals surface area contributed by atoms with Crippen molar-refractivity contribution in [2.24, 2.45) is 0 Å². The number of anilines is 1. The number of esters is 1. The first-order valence-electron chi connectivity index (χ1n) is 8.03. The maximum absolute atomic E-state index is 12.1. The molecule has 1 heterocycles. The molecule has 0 saturated carbocycles. The minimum Gasteiger partial charge on any atom is -0.465 e. The summed E-state index contributed by atoms with van der Waals surface area (Å²) >= 11 is 0. The van der Waals surface area contributed by atoms with E-state index in [-0.39, 0.29) is 12.0 Å². The minimum absolute atomic E-state index is 0.220. The van der Waals surface area contributed by atoms with Gasteiger partial charge in [0.05, 0.1) is 12.7 Å². The molecule has 0 aromatic heterocycles. The highest BCUT2D eigenvalue weighted by atomic mass is 16.5. The smallest absolute Gasteiger partial charge is 0.337 e. The molecule has 2 N–H and O–H groups in total. The van der Waals surface area contributed by atoms with Crippen molar-refractivity contribution in [3.63, 3.8) is 0 Å². The largest absolute Gasteiger partial charge is 0.465 e. The topological polar surface area (TPSA) is 70.7 Å². The third kappa shape index (κ3) is 4.45. The number of methoxy groups -OCH3 is 1. The third-order valence-electron chi connectivity index (χ3n) is 4.30. The highest BCUT2D eigenvalue weighted by Crippen LogP contribution is 2.18. The first-order valence-corrected chi connectivity index (χ1v) is 8.03. The fraction of sp³-hybridized carbons (Fsp3) is 0.529. The predicted molar refractivity (Wildman–Crippen MR) is 89.8 cm³/mol. The van der Waals surface area contributed by atoms with Crippen molar-refractivity contribution < 1.29 is 14.3 Å². The fourth-order valence-corrected chi connectivity index (χ4v) is 2.97. The summed E-state index contributed by atoms with van der Waals surface area (Å²) in [6.45, 7) is 6.77. The van der Waals surface area contributed by atoms with Gasteiger partial charge in [-0.3, -0.25) is 4.90 Å². The first-order chi connectivity index (χ1) is 11.0. The van der Waals surface area contributed by atoms with E-state index in [1.165, 1.54) is 13.5 Å². The van der Waals surface area contributed by atoms with Crippen molar-refractivity contribution in [3.8, 4) is 0 Å². The molecular weight excluding hydrogens is 294 g/mol. The Morgan fingerprint density at radius 2 is 2.17 bits per heavy atom. The van der Waals surface area contributed by atoms with Gasteiger partial charge >= 0.3 is 12.0 Å². The second-order valence-corrected chi connectivity index (χ2v) is 5.78. The van der Waals surface area contributed by atoms with Crippen LogP contribution in [0.25, 0.3) is 0 Å². The summed E-state index contributed by atoms with van der Waals surface area (Å²) in [6, 6.07) is 5.27. The Balaban J connectivity index is 1.89. The molecule has 0 bridgehead atoms. The number of nitrogens with one attached hydrogen (secondary N) is 2. The lowest BCUT2D eigenvalue weighted by Gasteiger charge is -2.23. The highest BCUT2D eigenvalue weighted by molar-refractivity contribution is 5.93. The average Bonchev–Trinajstić information content (AvgIpc) is 3.01. The zero-order valence-electron chi connectivity index (χ0n) is 14.0. The van der Waals surface area contributed by atoms with Crippen LogP contribution in [-0.2, 0) is 4.74 Å². The summed E-state index contributed by atoms with van der Waals surface area (Å²) in [5.74, 6) is -0.384. The van der Waals surface area contributed by atoms with E-state index in [2.05, 4.69) is 27.2 Å². The Morgan fingerprint density at radius 3 is 2.83 bits per heavy atom. The second kappa shape index (κ2) is 7.97. The molecule has 1 fully saturated rings. The lowest BCUT2D eigenvalue weighted by molar-refractivity contribution is 0.0600. The second-order valence-electron chi connectivity index (χ2n) is 5.78. The molecule has 0 radical (unpaired) electrons. The Hall–Kier alpha value is -2.08. The van der Waals surface area contributed by atoms with Gasteiger partial charge in [-0.25, -0.2) is 9.59 Å². The number of benzene rings is 1. The molecule has 1 aliphatic rings. The molecule has 1 atom stereocenters. The molecular formula is C17H25N3O3. The maximum Gasteiger partial charge on any atom is 0.337 e. The van der Waals surface area contributed by atoms with Gasteiger partial charge in [0.25, 0.3) is 0 Å². The SMILES string of the molecule is CCN1CCC[C@@H]1CNC(=O)Nc1ccc(C(=O)OC)cc1C. The van der Waals surface area contributed by atoms with E-state index >= 15 is 0 Å². The van der Waals surface area contributed by atoms with E-state index in [1.54, 1.807) is 18.2 Å². The third-order valence-corrected chi connectivity index (χ3v) is 4.30. The van der Waals surface area contributed by atoms with Crippen LogP contribution in [0.3, 0.4) is 0 Å². The van der Waals surface area contributed by atoms with Crippen molar-refractivity contribution in [1.29, 1.82) is 0 Å². The molecule has 126 valence electrons. The van der Waals surface area contributed by atoms with Gasteiger partial charge in [-0.15, -0.1) is 0 Å². The monoisotopic (exact) mass is 319 g/mol. The van der Waals surface area contributed by atoms with Crippen LogP contribution in [0.2, 0.25) is 0 Å². The maximum atomic E-state index is 12.1. The van der Waals surface area contributed by atoms with E-state index in [0.717, 1.165) is 25.1 Å². The number of likely N-dealkylation sites (tertiary alicyclic amines) is 1. The molecule has 1 saturated heterocycles. The molecule has 1 aromatic carbocycles. The number of carbonyl (C=O) groups excluding carboxylic acids is 2. The fourth-order valence-electron chi connectivity index (χ4n) is 2.97. The number of hydrogen-bond donors (Lipinski definition) is 2. The van der Waals surface area contributed by atoms with Crippen LogP contribution in [-0.4, -0.2) is 49.7 Å². The molecule has 6 nitrogen and oxygen atoms in total. The molecule has 1 aliphatic heterocycles. The molecule has 6 heteroatoms. The highest BCUT2D eigenvalue weighted by Gasteiger charge is 2.23. The van der Waals surface area contributed by atoms with Gasteiger partial charge < -0.3 is 15.4 Å². The van der Waals surface area contributed by atoms with Crippen LogP contribution >= 0.6 is 0 Å². The number of likely N-dealkylation sites (N-methyl/N-ethyl adjacent to an activating group) is 1. The summed E-state index contributed by atoms with van der Waals surface area (Å²) in [5, 5.41) is 5.76. The Labute approximate surface area is 137 Å². The standard InChI is InChI=1S/C17H25N3O3/c1-4-20-9-5-6-14(20)11-18-17(22)19-15-8-7-13(10-12(15)2)16(21)23-3/h7-8,10,14H,4-6,9,11H2,1-3H3,(H2,18,19,22)/t14-/m1/s1. The van der Waals surface area contributed by atoms with Crippen molar-refractivity contribution in [2.75, 3.05) is 32.1 Å². The molecule has 0 spiro atoms. The summed E-state index contributed by atoms with van der Waals surface area (Å²) < 4.78 is 4.69. The molecule has 2 rings (SSSR count). The molecule has 2 amide bonds. The lowest BCUT2D eigenvalue weighted by atomic mass is 10.1. The Bertz CT molecular complexity index is 574. The predicted octanol–water partition coefficient (Wildman–Crippen LogP) is 2.39. The zero-order valence-corrected chi connectivity index (χ0v) is 14.0. The number of ether oxygens (including phenoxy) is 1. The van der Waals surface area contributed by atoms with E-state index < -0.39 is 0 Å². The van der Waals surface area contributed by atoms with Gasteiger partial charge in [0.2, 0.25) is 0 Å². The summed E-state index contributed by atoms with van der Waals surface area (Å²) in [4.78, 5) is 25.9.